The SMILES string of the molecule is CCN1C(=O)/C(=C/c2cccc(OC)c2OC)SC1=Nc1cccc(O)c1. The van der Waals surface area contributed by atoms with E-state index in [0.717, 1.165) is 5.56 Å². The van der Waals surface area contributed by atoms with Gasteiger partial charge < -0.3 is 14.6 Å². The summed E-state index contributed by atoms with van der Waals surface area (Å²) in [6.07, 6.45) is 1.78. The third-order valence-corrected chi connectivity index (χ3v) is 4.99. The van der Waals surface area contributed by atoms with Gasteiger partial charge in [0.2, 0.25) is 0 Å². The van der Waals surface area contributed by atoms with Crippen LogP contribution in [0.1, 0.15) is 12.5 Å². The second kappa shape index (κ2) is 8.18. The van der Waals surface area contributed by atoms with Gasteiger partial charge in [-0.25, -0.2) is 4.99 Å². The van der Waals surface area contributed by atoms with E-state index in [1.807, 2.05) is 19.1 Å². The highest BCUT2D eigenvalue weighted by Crippen LogP contribution is 2.38. The molecule has 0 aromatic heterocycles. The largest absolute Gasteiger partial charge is 0.508 e. The Balaban J connectivity index is 1.99. The number of ether oxygens (including phenoxy) is 2. The number of nitrogens with zero attached hydrogens (tertiary/aromatic N) is 2. The van der Waals surface area contributed by atoms with E-state index in [-0.39, 0.29) is 11.7 Å². The van der Waals surface area contributed by atoms with Crippen LogP contribution < -0.4 is 9.47 Å². The van der Waals surface area contributed by atoms with E-state index >= 15 is 0 Å². The normalized spacial score (nSPS) is 17.0. The van der Waals surface area contributed by atoms with Crippen molar-refractivity contribution < 1.29 is 19.4 Å². The summed E-state index contributed by atoms with van der Waals surface area (Å²) < 4.78 is 10.8. The standard InChI is InChI=1S/C20H20N2O4S/c1-4-22-19(24)17(11-13-7-5-10-16(25-2)18(13)26-3)27-20(22)21-14-8-6-9-15(23)12-14/h5-12,23H,4H2,1-3H3/b17-11-,21-20?. The fourth-order valence-corrected chi connectivity index (χ4v) is 3.76. The number of phenolic OH excluding ortho intramolecular Hbond substituents is 1. The van der Waals surface area contributed by atoms with Gasteiger partial charge in [0.1, 0.15) is 5.75 Å². The monoisotopic (exact) mass is 384 g/mol. The van der Waals surface area contributed by atoms with E-state index < -0.39 is 0 Å². The summed E-state index contributed by atoms with van der Waals surface area (Å²) in [4.78, 5) is 19.5. The quantitative estimate of drug-likeness (QED) is 0.788. The maximum absolute atomic E-state index is 12.8. The number of para-hydroxylation sites is 1. The molecule has 140 valence electrons. The van der Waals surface area contributed by atoms with Crippen molar-refractivity contribution in [1.29, 1.82) is 0 Å². The highest BCUT2D eigenvalue weighted by molar-refractivity contribution is 8.18. The number of aliphatic imine (C=N–C) groups is 1. The number of benzene rings is 2. The highest BCUT2D eigenvalue weighted by atomic mass is 32.2. The average molecular weight is 384 g/mol. The molecule has 6 nitrogen and oxygen atoms in total. The summed E-state index contributed by atoms with van der Waals surface area (Å²) in [5, 5.41) is 10.2. The van der Waals surface area contributed by atoms with Gasteiger partial charge >= 0.3 is 0 Å². The number of likely N-dealkylation sites (N-methyl/N-ethyl adjacent to an activating group) is 1. The van der Waals surface area contributed by atoms with Crippen LogP contribution in [-0.2, 0) is 4.79 Å². The van der Waals surface area contributed by atoms with Crippen molar-refractivity contribution in [2.75, 3.05) is 20.8 Å². The Morgan fingerprint density at radius 3 is 2.63 bits per heavy atom. The van der Waals surface area contributed by atoms with Crippen molar-refractivity contribution in [3.8, 4) is 17.2 Å². The lowest BCUT2D eigenvalue weighted by Crippen LogP contribution is -2.28. The van der Waals surface area contributed by atoms with Gasteiger partial charge in [0.15, 0.2) is 16.7 Å². The van der Waals surface area contributed by atoms with E-state index in [2.05, 4.69) is 4.99 Å². The molecule has 0 unspecified atom stereocenters. The molecule has 1 aliphatic heterocycles. The summed E-state index contributed by atoms with van der Waals surface area (Å²) in [7, 11) is 3.14. The Bertz CT molecular complexity index is 924. The molecule has 2 aromatic carbocycles. The molecule has 3 rings (SSSR count). The van der Waals surface area contributed by atoms with E-state index in [4.69, 9.17) is 9.47 Å². The van der Waals surface area contributed by atoms with Crippen LogP contribution in [-0.4, -0.2) is 41.8 Å². The first-order valence-electron chi connectivity index (χ1n) is 8.37. The Hall–Kier alpha value is -2.93. The zero-order valence-corrected chi connectivity index (χ0v) is 16.1. The fraction of sp³-hybridized carbons (Fsp3) is 0.200. The van der Waals surface area contributed by atoms with Crippen molar-refractivity contribution in [2.24, 2.45) is 4.99 Å². The number of carbonyl (C=O) groups is 1. The minimum Gasteiger partial charge on any atom is -0.508 e. The molecular formula is C20H20N2O4S. The van der Waals surface area contributed by atoms with Crippen LogP contribution in [0.5, 0.6) is 17.2 Å². The van der Waals surface area contributed by atoms with Gasteiger partial charge in [0, 0.05) is 18.2 Å². The Morgan fingerprint density at radius 1 is 1.19 bits per heavy atom. The van der Waals surface area contributed by atoms with Crippen LogP contribution in [0.15, 0.2) is 52.4 Å². The third-order valence-electron chi connectivity index (χ3n) is 3.98. The lowest BCUT2D eigenvalue weighted by atomic mass is 10.1. The fourth-order valence-electron chi connectivity index (χ4n) is 2.71. The molecule has 2 aromatic rings. The predicted molar refractivity (Wildman–Crippen MR) is 108 cm³/mol. The van der Waals surface area contributed by atoms with Gasteiger partial charge in [-0.2, -0.15) is 0 Å². The first-order chi connectivity index (χ1) is 13.1. The average Bonchev–Trinajstić information content (AvgIpc) is 2.95. The molecule has 0 aliphatic carbocycles. The molecule has 1 amide bonds. The van der Waals surface area contributed by atoms with Gasteiger partial charge in [-0.3, -0.25) is 9.69 Å². The molecular weight excluding hydrogens is 364 g/mol. The third kappa shape index (κ3) is 3.93. The van der Waals surface area contributed by atoms with Crippen molar-refractivity contribution in [3.63, 3.8) is 0 Å². The Labute approximate surface area is 162 Å². The molecule has 27 heavy (non-hydrogen) atoms. The number of phenols is 1. The lowest BCUT2D eigenvalue weighted by Gasteiger charge is -2.12. The van der Waals surface area contributed by atoms with Crippen LogP contribution in [0.2, 0.25) is 0 Å². The second-order valence-corrected chi connectivity index (χ2v) is 6.67. The topological polar surface area (TPSA) is 71.4 Å². The molecule has 0 saturated carbocycles. The predicted octanol–water partition coefficient (Wildman–Crippen LogP) is 4.03. The van der Waals surface area contributed by atoms with Gasteiger partial charge in [-0.05, 0) is 43.0 Å². The molecule has 1 saturated heterocycles. The molecule has 0 radical (unpaired) electrons. The summed E-state index contributed by atoms with van der Waals surface area (Å²) in [5.74, 6) is 1.18. The Morgan fingerprint density at radius 2 is 1.96 bits per heavy atom. The molecule has 0 bridgehead atoms. The molecule has 0 atom stereocenters. The molecule has 1 aliphatic rings. The number of methoxy groups -OCH3 is 2. The van der Waals surface area contributed by atoms with Gasteiger partial charge in [-0.15, -0.1) is 0 Å². The first-order valence-corrected chi connectivity index (χ1v) is 9.19. The molecule has 1 fully saturated rings. The number of rotatable bonds is 5. The van der Waals surface area contributed by atoms with E-state index in [1.165, 1.54) is 11.8 Å². The molecule has 0 spiro atoms. The number of hydrogen-bond donors (Lipinski definition) is 1. The minimum absolute atomic E-state index is 0.119. The highest BCUT2D eigenvalue weighted by Gasteiger charge is 2.32. The zero-order valence-electron chi connectivity index (χ0n) is 15.3. The number of hydrogen-bond acceptors (Lipinski definition) is 6. The van der Waals surface area contributed by atoms with Crippen LogP contribution >= 0.6 is 11.8 Å². The van der Waals surface area contributed by atoms with Crippen molar-refractivity contribution in [2.45, 2.75) is 6.92 Å². The van der Waals surface area contributed by atoms with Crippen LogP contribution in [0.3, 0.4) is 0 Å². The number of amides is 1. The first kappa shape index (κ1) is 18.8. The summed E-state index contributed by atoms with van der Waals surface area (Å²) in [6.45, 7) is 2.39. The number of amidine groups is 1. The Kier molecular flexibility index (Phi) is 5.71. The van der Waals surface area contributed by atoms with Crippen molar-refractivity contribution >= 4 is 34.6 Å². The van der Waals surface area contributed by atoms with Crippen LogP contribution in [0.25, 0.3) is 6.08 Å². The summed E-state index contributed by atoms with van der Waals surface area (Å²) in [6, 6.07) is 12.1. The van der Waals surface area contributed by atoms with E-state index in [1.54, 1.807) is 55.5 Å². The maximum atomic E-state index is 12.8. The van der Waals surface area contributed by atoms with E-state index in [9.17, 15) is 9.90 Å². The van der Waals surface area contributed by atoms with E-state index in [0.29, 0.717) is 33.8 Å². The zero-order chi connectivity index (χ0) is 19.4. The van der Waals surface area contributed by atoms with Crippen LogP contribution in [0.4, 0.5) is 5.69 Å². The van der Waals surface area contributed by atoms with Crippen molar-refractivity contribution in [3.05, 3.63) is 52.9 Å². The lowest BCUT2D eigenvalue weighted by molar-refractivity contribution is -0.122. The summed E-state index contributed by atoms with van der Waals surface area (Å²) in [5.41, 5.74) is 1.34. The second-order valence-electron chi connectivity index (χ2n) is 5.66. The minimum atomic E-state index is -0.119. The molecule has 1 N–H and O–H groups in total. The van der Waals surface area contributed by atoms with Gasteiger partial charge in [0.05, 0.1) is 24.8 Å². The smallest absolute Gasteiger partial charge is 0.266 e. The van der Waals surface area contributed by atoms with Crippen LogP contribution in [0, 0.1) is 0 Å². The number of carbonyl (C=O) groups excluding carboxylic acids is 1. The van der Waals surface area contributed by atoms with Gasteiger partial charge in [-0.1, -0.05) is 18.2 Å². The summed E-state index contributed by atoms with van der Waals surface area (Å²) >= 11 is 1.29. The molecule has 1 heterocycles. The van der Waals surface area contributed by atoms with Gasteiger partial charge in [0.25, 0.3) is 5.91 Å². The van der Waals surface area contributed by atoms with Crippen molar-refractivity contribution in [1.82, 2.24) is 4.90 Å². The number of aromatic hydroxyl groups is 1. The maximum Gasteiger partial charge on any atom is 0.266 e. The number of thioether (sulfide) groups is 1. The molecule has 7 heteroatoms.